The molecule has 0 saturated heterocycles. The normalized spacial score (nSPS) is 12.7. The molecule has 6 heteroatoms. The molecule has 0 spiro atoms. The largest absolute Gasteiger partial charge is 0.457 e. The first kappa shape index (κ1) is 19.9. The first-order chi connectivity index (χ1) is 11.0. The van der Waals surface area contributed by atoms with Gasteiger partial charge in [0.05, 0.1) is 0 Å². The molecule has 2 aromatic rings. The Kier molecular flexibility index (Phi) is 7.68. The fourth-order valence-electron chi connectivity index (χ4n) is 1.90. The molecule has 2 aromatic carbocycles. The first-order valence-corrected chi connectivity index (χ1v) is 7.51. The number of benzene rings is 2. The summed E-state index contributed by atoms with van der Waals surface area (Å²) in [4.78, 5) is 11.8. The van der Waals surface area contributed by atoms with Crippen LogP contribution in [-0.2, 0) is 11.3 Å². The van der Waals surface area contributed by atoms with Crippen molar-refractivity contribution < 1.29 is 13.9 Å². The van der Waals surface area contributed by atoms with Crippen molar-refractivity contribution in [3.8, 4) is 11.5 Å². The van der Waals surface area contributed by atoms with Gasteiger partial charge in [0.25, 0.3) is 0 Å². The number of carbonyl (C=O) groups is 1. The van der Waals surface area contributed by atoms with Gasteiger partial charge in [0, 0.05) is 18.5 Å². The SMILES string of the molecule is CC(N)C(C)C(=O)NCc1ccc(Oc2ccc(F)cc2)cc1.Cl. The smallest absolute Gasteiger partial charge is 0.224 e. The highest BCUT2D eigenvalue weighted by atomic mass is 35.5. The molecule has 0 heterocycles. The Morgan fingerprint density at radius 3 is 2.08 bits per heavy atom. The third-order valence-corrected chi connectivity index (χ3v) is 3.64. The van der Waals surface area contributed by atoms with Crippen molar-refractivity contribution in [1.29, 1.82) is 0 Å². The van der Waals surface area contributed by atoms with E-state index < -0.39 is 0 Å². The molecule has 0 aromatic heterocycles. The number of nitrogens with one attached hydrogen (secondary N) is 1. The maximum atomic E-state index is 12.8. The number of amides is 1. The van der Waals surface area contributed by atoms with Gasteiger partial charge in [-0.05, 0) is 48.9 Å². The molecular weight excluding hydrogens is 331 g/mol. The van der Waals surface area contributed by atoms with E-state index in [1.165, 1.54) is 12.1 Å². The zero-order chi connectivity index (χ0) is 16.8. The van der Waals surface area contributed by atoms with E-state index in [2.05, 4.69) is 5.32 Å². The molecule has 2 rings (SSSR count). The van der Waals surface area contributed by atoms with Gasteiger partial charge in [0.15, 0.2) is 0 Å². The topological polar surface area (TPSA) is 64.4 Å². The summed E-state index contributed by atoms with van der Waals surface area (Å²) in [5, 5.41) is 2.85. The van der Waals surface area contributed by atoms with Crippen LogP contribution in [0.2, 0.25) is 0 Å². The minimum atomic E-state index is -0.301. The summed E-state index contributed by atoms with van der Waals surface area (Å²) >= 11 is 0. The molecule has 2 atom stereocenters. The third kappa shape index (κ3) is 5.83. The lowest BCUT2D eigenvalue weighted by molar-refractivity contribution is -0.125. The lowest BCUT2D eigenvalue weighted by atomic mass is 10.0. The van der Waals surface area contributed by atoms with Crippen LogP contribution in [0.3, 0.4) is 0 Å². The molecule has 2 unspecified atom stereocenters. The van der Waals surface area contributed by atoms with Gasteiger partial charge in [-0.25, -0.2) is 4.39 Å². The second-order valence-electron chi connectivity index (χ2n) is 5.57. The van der Waals surface area contributed by atoms with Crippen molar-refractivity contribution in [1.82, 2.24) is 5.32 Å². The molecule has 0 fully saturated rings. The summed E-state index contributed by atoms with van der Waals surface area (Å²) in [6, 6.07) is 13.0. The predicted octanol–water partition coefficient (Wildman–Crippen LogP) is 3.64. The summed E-state index contributed by atoms with van der Waals surface area (Å²) in [6.45, 7) is 4.05. The summed E-state index contributed by atoms with van der Waals surface area (Å²) in [5.74, 6) is 0.626. The molecule has 0 aliphatic rings. The minimum Gasteiger partial charge on any atom is -0.457 e. The molecule has 0 bridgehead atoms. The van der Waals surface area contributed by atoms with Gasteiger partial charge in [-0.3, -0.25) is 4.79 Å². The van der Waals surface area contributed by atoms with Crippen LogP contribution in [0.25, 0.3) is 0 Å². The third-order valence-electron chi connectivity index (χ3n) is 3.64. The van der Waals surface area contributed by atoms with Gasteiger partial charge in [-0.15, -0.1) is 12.4 Å². The van der Waals surface area contributed by atoms with Crippen LogP contribution in [0.5, 0.6) is 11.5 Å². The molecule has 0 aliphatic heterocycles. The van der Waals surface area contributed by atoms with Crippen LogP contribution < -0.4 is 15.8 Å². The van der Waals surface area contributed by atoms with Crippen molar-refractivity contribution in [2.45, 2.75) is 26.4 Å². The Bertz CT molecular complexity index is 645. The van der Waals surface area contributed by atoms with E-state index in [-0.39, 0.29) is 36.1 Å². The summed E-state index contributed by atoms with van der Waals surface area (Å²) in [7, 11) is 0. The van der Waals surface area contributed by atoms with Gasteiger partial charge in [-0.1, -0.05) is 19.1 Å². The van der Waals surface area contributed by atoms with Gasteiger partial charge in [-0.2, -0.15) is 0 Å². The quantitative estimate of drug-likeness (QED) is 0.834. The van der Waals surface area contributed by atoms with Gasteiger partial charge < -0.3 is 15.8 Å². The number of hydrogen-bond acceptors (Lipinski definition) is 3. The van der Waals surface area contributed by atoms with E-state index in [0.717, 1.165) is 5.56 Å². The molecular formula is C18H22ClFN2O2. The molecule has 0 saturated carbocycles. The van der Waals surface area contributed by atoms with Crippen LogP contribution in [0.1, 0.15) is 19.4 Å². The van der Waals surface area contributed by atoms with Crippen molar-refractivity contribution >= 4 is 18.3 Å². The van der Waals surface area contributed by atoms with Crippen LogP contribution in [0, 0.1) is 11.7 Å². The summed E-state index contributed by atoms with van der Waals surface area (Å²) in [5.41, 5.74) is 6.67. The number of ether oxygens (including phenoxy) is 1. The van der Waals surface area contributed by atoms with Gasteiger partial charge in [0.1, 0.15) is 17.3 Å². The van der Waals surface area contributed by atoms with E-state index in [1.807, 2.05) is 19.1 Å². The number of halogens is 2. The van der Waals surface area contributed by atoms with Crippen molar-refractivity contribution in [3.63, 3.8) is 0 Å². The fraction of sp³-hybridized carbons (Fsp3) is 0.278. The average molecular weight is 353 g/mol. The molecule has 4 nitrogen and oxygen atoms in total. The zero-order valence-corrected chi connectivity index (χ0v) is 14.5. The Morgan fingerprint density at radius 1 is 1.08 bits per heavy atom. The monoisotopic (exact) mass is 352 g/mol. The maximum Gasteiger partial charge on any atom is 0.224 e. The van der Waals surface area contributed by atoms with Crippen LogP contribution >= 0.6 is 12.4 Å². The summed E-state index contributed by atoms with van der Waals surface area (Å²) in [6.07, 6.45) is 0. The van der Waals surface area contributed by atoms with Gasteiger partial charge >= 0.3 is 0 Å². The molecule has 0 aliphatic carbocycles. The van der Waals surface area contributed by atoms with E-state index in [9.17, 15) is 9.18 Å². The molecule has 1 amide bonds. The molecule has 130 valence electrons. The van der Waals surface area contributed by atoms with Crippen molar-refractivity contribution in [2.24, 2.45) is 11.7 Å². The lowest BCUT2D eigenvalue weighted by Gasteiger charge is -2.15. The van der Waals surface area contributed by atoms with Crippen LogP contribution in [0.15, 0.2) is 48.5 Å². The Balaban J connectivity index is 0.00000288. The zero-order valence-electron chi connectivity index (χ0n) is 13.7. The number of rotatable bonds is 6. The Hall–Kier alpha value is -2.11. The standard InChI is InChI=1S/C18H21FN2O2.ClH/c1-12(13(2)20)18(22)21-11-14-3-7-16(8-4-14)23-17-9-5-15(19)6-10-17;/h3-10,12-13H,11,20H2,1-2H3,(H,21,22);1H. The lowest BCUT2D eigenvalue weighted by Crippen LogP contribution is -2.38. The Labute approximate surface area is 147 Å². The fourth-order valence-corrected chi connectivity index (χ4v) is 1.90. The van der Waals surface area contributed by atoms with Crippen LogP contribution in [-0.4, -0.2) is 11.9 Å². The number of hydrogen-bond donors (Lipinski definition) is 2. The van der Waals surface area contributed by atoms with E-state index in [1.54, 1.807) is 31.2 Å². The minimum absolute atomic E-state index is 0. The van der Waals surface area contributed by atoms with E-state index in [0.29, 0.717) is 18.0 Å². The van der Waals surface area contributed by atoms with Crippen molar-refractivity contribution in [2.75, 3.05) is 0 Å². The highest BCUT2D eigenvalue weighted by Crippen LogP contribution is 2.21. The molecule has 0 radical (unpaired) electrons. The first-order valence-electron chi connectivity index (χ1n) is 7.51. The summed E-state index contributed by atoms with van der Waals surface area (Å²) < 4.78 is 18.5. The molecule has 24 heavy (non-hydrogen) atoms. The highest BCUT2D eigenvalue weighted by Gasteiger charge is 2.16. The maximum absolute atomic E-state index is 12.8. The Morgan fingerprint density at radius 2 is 1.58 bits per heavy atom. The number of nitrogens with two attached hydrogens (primary N) is 1. The predicted molar refractivity (Wildman–Crippen MR) is 94.8 cm³/mol. The average Bonchev–Trinajstić information content (AvgIpc) is 2.55. The second-order valence-corrected chi connectivity index (χ2v) is 5.57. The highest BCUT2D eigenvalue weighted by molar-refractivity contribution is 5.85. The van der Waals surface area contributed by atoms with E-state index in [4.69, 9.17) is 10.5 Å². The second kappa shape index (κ2) is 9.25. The molecule has 3 N–H and O–H groups in total. The van der Waals surface area contributed by atoms with Crippen molar-refractivity contribution in [3.05, 3.63) is 59.9 Å². The number of carbonyl (C=O) groups excluding carboxylic acids is 1. The van der Waals surface area contributed by atoms with Crippen LogP contribution in [0.4, 0.5) is 4.39 Å². The van der Waals surface area contributed by atoms with E-state index >= 15 is 0 Å². The van der Waals surface area contributed by atoms with Gasteiger partial charge in [0.2, 0.25) is 5.91 Å².